The second-order valence-corrected chi connectivity index (χ2v) is 7.73. The van der Waals surface area contributed by atoms with E-state index >= 15 is 0 Å². The number of hydrogen-bond acceptors (Lipinski definition) is 3. The summed E-state index contributed by atoms with van der Waals surface area (Å²) in [4.78, 5) is 22.2. The summed E-state index contributed by atoms with van der Waals surface area (Å²) in [7, 11) is 0. The maximum absolute atomic E-state index is 11.6. The summed E-state index contributed by atoms with van der Waals surface area (Å²) in [6, 6.07) is 8.37. The van der Waals surface area contributed by atoms with E-state index < -0.39 is 5.97 Å². The zero-order valence-electron chi connectivity index (χ0n) is 15.4. The number of carbonyl (C=O) groups excluding carboxylic acids is 1. The number of hydrogen-bond donors (Lipinski definition) is 2. The molecule has 2 rings (SSSR count). The number of benzene rings is 1. The van der Waals surface area contributed by atoms with Crippen LogP contribution in [0.25, 0.3) is 0 Å². The molecule has 138 valence electrons. The van der Waals surface area contributed by atoms with Crippen molar-refractivity contribution in [3.63, 3.8) is 0 Å². The van der Waals surface area contributed by atoms with Crippen molar-refractivity contribution in [1.29, 1.82) is 0 Å². The summed E-state index contributed by atoms with van der Waals surface area (Å²) in [6.07, 6.45) is 2.56. The summed E-state index contributed by atoms with van der Waals surface area (Å²) in [5.41, 5.74) is 2.40. The minimum atomic E-state index is -0.780. The van der Waals surface area contributed by atoms with E-state index in [1.54, 1.807) is 0 Å². The molecule has 2 N–H and O–H groups in total. The molecule has 1 aromatic carbocycles. The number of amides is 1. The fourth-order valence-electron chi connectivity index (χ4n) is 3.07. The fourth-order valence-corrected chi connectivity index (χ4v) is 3.07. The topological polar surface area (TPSA) is 75.6 Å². The van der Waals surface area contributed by atoms with E-state index in [4.69, 9.17) is 9.84 Å². The van der Waals surface area contributed by atoms with Gasteiger partial charge in [-0.3, -0.25) is 9.59 Å². The van der Waals surface area contributed by atoms with E-state index in [9.17, 15) is 9.59 Å². The summed E-state index contributed by atoms with van der Waals surface area (Å²) in [5.74, 6) is -0.715. The molecule has 1 amide bonds. The molecule has 0 aliphatic carbocycles. The van der Waals surface area contributed by atoms with Crippen LogP contribution in [0.1, 0.15) is 70.1 Å². The zero-order chi connectivity index (χ0) is 18.4. The van der Waals surface area contributed by atoms with Gasteiger partial charge in [-0.2, -0.15) is 0 Å². The highest BCUT2D eigenvalue weighted by Crippen LogP contribution is 2.30. The molecule has 1 heterocycles. The molecule has 1 saturated heterocycles. The lowest BCUT2D eigenvalue weighted by Gasteiger charge is -2.26. The standard InChI is InChI=1S/C20H29NO4/c1-20(2,3)15-9-7-14(8-10-15)19(16-11-12-17(22)21-16)25-13-5-4-6-18(23)24/h7-10,16,19H,4-6,11-13H2,1-3H3,(H,21,22)(H,23,24)/t16?,19-/m1/s1. The van der Waals surface area contributed by atoms with Crippen molar-refractivity contribution in [2.45, 2.75) is 70.4 Å². The molecule has 1 aromatic rings. The highest BCUT2D eigenvalue weighted by atomic mass is 16.5. The molecule has 0 radical (unpaired) electrons. The van der Waals surface area contributed by atoms with Crippen LogP contribution in [0.4, 0.5) is 0 Å². The fraction of sp³-hybridized carbons (Fsp3) is 0.600. The van der Waals surface area contributed by atoms with Crippen molar-refractivity contribution in [2.75, 3.05) is 6.61 Å². The smallest absolute Gasteiger partial charge is 0.303 e. The van der Waals surface area contributed by atoms with Gasteiger partial charge in [0.1, 0.15) is 6.10 Å². The van der Waals surface area contributed by atoms with Gasteiger partial charge < -0.3 is 15.2 Å². The molecule has 0 spiro atoms. The Bertz CT molecular complexity index is 589. The van der Waals surface area contributed by atoms with Crippen LogP contribution in [0.5, 0.6) is 0 Å². The lowest BCUT2D eigenvalue weighted by Crippen LogP contribution is -2.33. The van der Waals surface area contributed by atoms with Crippen molar-refractivity contribution in [2.24, 2.45) is 0 Å². The van der Waals surface area contributed by atoms with Crippen LogP contribution in [0.15, 0.2) is 24.3 Å². The van der Waals surface area contributed by atoms with Crippen LogP contribution in [0.3, 0.4) is 0 Å². The minimum Gasteiger partial charge on any atom is -0.481 e. The first-order chi connectivity index (χ1) is 11.8. The summed E-state index contributed by atoms with van der Waals surface area (Å²) >= 11 is 0. The van der Waals surface area contributed by atoms with E-state index in [0.29, 0.717) is 25.9 Å². The maximum Gasteiger partial charge on any atom is 0.303 e. The van der Waals surface area contributed by atoms with Gasteiger partial charge in [0, 0.05) is 19.4 Å². The molecular formula is C20H29NO4. The molecule has 0 saturated carbocycles. The van der Waals surface area contributed by atoms with E-state index in [1.165, 1.54) is 5.56 Å². The molecule has 1 aliphatic heterocycles. The average Bonchev–Trinajstić information content (AvgIpc) is 2.96. The Hall–Kier alpha value is -1.88. The number of carbonyl (C=O) groups is 2. The molecule has 1 fully saturated rings. The predicted molar refractivity (Wildman–Crippen MR) is 96.5 cm³/mol. The van der Waals surface area contributed by atoms with E-state index in [0.717, 1.165) is 12.0 Å². The minimum absolute atomic E-state index is 0.0209. The molecule has 2 atom stereocenters. The predicted octanol–water partition coefficient (Wildman–Crippen LogP) is 3.58. The van der Waals surface area contributed by atoms with Crippen molar-refractivity contribution >= 4 is 11.9 Å². The van der Waals surface area contributed by atoms with Crippen LogP contribution >= 0.6 is 0 Å². The Labute approximate surface area is 149 Å². The quantitative estimate of drug-likeness (QED) is 0.705. The van der Waals surface area contributed by atoms with Crippen LogP contribution in [-0.4, -0.2) is 29.6 Å². The molecular weight excluding hydrogens is 318 g/mol. The average molecular weight is 347 g/mol. The summed E-state index contributed by atoms with van der Waals surface area (Å²) in [6.45, 7) is 7.02. The van der Waals surface area contributed by atoms with Crippen molar-refractivity contribution < 1.29 is 19.4 Å². The Morgan fingerprint density at radius 2 is 1.96 bits per heavy atom. The van der Waals surface area contributed by atoms with Gasteiger partial charge in [0.25, 0.3) is 0 Å². The first-order valence-corrected chi connectivity index (χ1v) is 9.00. The van der Waals surface area contributed by atoms with Gasteiger partial charge in [-0.05, 0) is 35.8 Å². The number of nitrogens with one attached hydrogen (secondary N) is 1. The molecule has 0 bridgehead atoms. The highest BCUT2D eigenvalue weighted by molar-refractivity contribution is 5.78. The number of rotatable bonds is 8. The van der Waals surface area contributed by atoms with Gasteiger partial charge in [-0.15, -0.1) is 0 Å². The molecule has 1 aliphatic rings. The van der Waals surface area contributed by atoms with Crippen LogP contribution in [-0.2, 0) is 19.7 Å². The molecule has 25 heavy (non-hydrogen) atoms. The Morgan fingerprint density at radius 1 is 1.28 bits per heavy atom. The monoisotopic (exact) mass is 347 g/mol. The van der Waals surface area contributed by atoms with E-state index in [2.05, 4.69) is 50.4 Å². The second-order valence-electron chi connectivity index (χ2n) is 7.73. The third-order valence-electron chi connectivity index (χ3n) is 4.58. The summed E-state index contributed by atoms with van der Waals surface area (Å²) in [5, 5.41) is 11.7. The van der Waals surface area contributed by atoms with Crippen LogP contribution < -0.4 is 5.32 Å². The third-order valence-corrected chi connectivity index (χ3v) is 4.58. The van der Waals surface area contributed by atoms with Crippen LogP contribution in [0, 0.1) is 0 Å². The van der Waals surface area contributed by atoms with Gasteiger partial charge in [0.2, 0.25) is 5.91 Å². The van der Waals surface area contributed by atoms with Gasteiger partial charge in [-0.1, -0.05) is 45.0 Å². The van der Waals surface area contributed by atoms with E-state index in [1.807, 2.05) is 0 Å². The molecule has 5 nitrogen and oxygen atoms in total. The van der Waals surface area contributed by atoms with Gasteiger partial charge in [-0.25, -0.2) is 0 Å². The van der Waals surface area contributed by atoms with Crippen molar-refractivity contribution in [3.8, 4) is 0 Å². The van der Waals surface area contributed by atoms with E-state index in [-0.39, 0.29) is 29.9 Å². The normalized spacial score (nSPS) is 18.8. The number of ether oxygens (including phenoxy) is 1. The van der Waals surface area contributed by atoms with Crippen molar-refractivity contribution in [1.82, 2.24) is 5.32 Å². The molecule has 5 heteroatoms. The number of carboxylic acid groups (broad SMARTS) is 1. The van der Waals surface area contributed by atoms with Gasteiger partial charge >= 0.3 is 5.97 Å². The largest absolute Gasteiger partial charge is 0.481 e. The summed E-state index contributed by atoms with van der Waals surface area (Å²) < 4.78 is 6.06. The zero-order valence-corrected chi connectivity index (χ0v) is 15.4. The van der Waals surface area contributed by atoms with Gasteiger partial charge in [0.05, 0.1) is 6.04 Å². The first kappa shape index (κ1) is 19.4. The Kier molecular flexibility index (Phi) is 6.59. The number of unbranched alkanes of at least 4 members (excludes halogenated alkanes) is 1. The maximum atomic E-state index is 11.6. The number of carboxylic acids is 1. The molecule has 0 aromatic heterocycles. The first-order valence-electron chi connectivity index (χ1n) is 9.00. The number of aliphatic carboxylic acids is 1. The highest BCUT2D eigenvalue weighted by Gasteiger charge is 2.30. The Morgan fingerprint density at radius 3 is 2.48 bits per heavy atom. The lowest BCUT2D eigenvalue weighted by molar-refractivity contribution is -0.137. The van der Waals surface area contributed by atoms with Gasteiger partial charge in [0.15, 0.2) is 0 Å². The second kappa shape index (κ2) is 8.48. The third kappa shape index (κ3) is 5.85. The molecule has 1 unspecified atom stereocenters. The van der Waals surface area contributed by atoms with Crippen LogP contribution in [0.2, 0.25) is 0 Å². The Balaban J connectivity index is 2.03. The SMILES string of the molecule is CC(C)(C)c1ccc([C@@H](OCCCCC(=O)O)C2CCC(=O)N2)cc1. The lowest BCUT2D eigenvalue weighted by atomic mass is 9.86. The van der Waals surface area contributed by atoms with Crippen molar-refractivity contribution in [3.05, 3.63) is 35.4 Å².